The summed E-state index contributed by atoms with van der Waals surface area (Å²) in [6.45, 7) is 4.04. The van der Waals surface area contributed by atoms with Crippen LogP contribution in [0.1, 0.15) is 46.0 Å². The van der Waals surface area contributed by atoms with Gasteiger partial charge in [-0.05, 0) is 57.8 Å². The van der Waals surface area contributed by atoms with Crippen LogP contribution in [-0.4, -0.2) is 16.5 Å². The molecule has 84 valence electrons. The second-order valence-corrected chi connectivity index (χ2v) is 6.15. The Hall–Kier alpha value is -0.530. The van der Waals surface area contributed by atoms with Crippen LogP contribution in [0.25, 0.3) is 0 Å². The predicted molar refractivity (Wildman–Crippen MR) is 60.8 cm³/mol. The Morgan fingerprint density at radius 3 is 1.87 bits per heavy atom. The largest absolute Gasteiger partial charge is 0.624 e. The highest BCUT2D eigenvalue weighted by molar-refractivity contribution is 5.86. The van der Waals surface area contributed by atoms with Crippen LogP contribution in [0.3, 0.4) is 0 Å². The van der Waals surface area contributed by atoms with Crippen LogP contribution < -0.4 is 0 Å². The molecule has 0 amide bonds. The minimum Gasteiger partial charge on any atom is -0.624 e. The lowest BCUT2D eigenvalue weighted by atomic mass is 9.55. The smallest absolute Gasteiger partial charge is 0.169 e. The van der Waals surface area contributed by atoms with Gasteiger partial charge in [0.15, 0.2) is 11.8 Å². The zero-order chi connectivity index (χ0) is 10.6. The Morgan fingerprint density at radius 2 is 1.47 bits per heavy atom. The average Bonchev–Trinajstić information content (AvgIpc) is 2.15. The molecule has 0 saturated heterocycles. The van der Waals surface area contributed by atoms with E-state index in [1.54, 1.807) is 0 Å². The first kappa shape index (κ1) is 9.68. The molecule has 4 fully saturated rings. The van der Waals surface area contributed by atoms with Gasteiger partial charge in [-0.2, -0.15) is 0 Å². The minimum absolute atomic E-state index is 0.137. The first-order chi connectivity index (χ1) is 7.15. The molecule has 0 unspecified atom stereocenters. The van der Waals surface area contributed by atoms with Gasteiger partial charge < -0.3 is 5.21 Å². The maximum atomic E-state index is 12.1. The van der Waals surface area contributed by atoms with Crippen LogP contribution in [0.15, 0.2) is 0 Å². The second kappa shape index (κ2) is 3.23. The third-order valence-electron chi connectivity index (χ3n) is 4.70. The van der Waals surface area contributed by atoms with Crippen LogP contribution in [-0.2, 0) is 0 Å². The maximum Gasteiger partial charge on any atom is 0.169 e. The van der Waals surface area contributed by atoms with E-state index >= 15 is 0 Å². The van der Waals surface area contributed by atoms with Crippen LogP contribution >= 0.6 is 0 Å². The molecule has 4 rings (SSSR count). The van der Waals surface area contributed by atoms with Crippen molar-refractivity contribution < 1.29 is 4.74 Å². The minimum atomic E-state index is 0.137. The van der Waals surface area contributed by atoms with E-state index in [9.17, 15) is 5.21 Å². The topological polar surface area (TPSA) is 26.1 Å². The van der Waals surface area contributed by atoms with Crippen LogP contribution in [0.4, 0.5) is 0 Å². The van der Waals surface area contributed by atoms with E-state index < -0.39 is 0 Å². The van der Waals surface area contributed by atoms with Crippen LogP contribution in [0.2, 0.25) is 0 Å². The van der Waals surface area contributed by atoms with Gasteiger partial charge in [-0.25, -0.2) is 4.74 Å². The third-order valence-corrected chi connectivity index (χ3v) is 4.70. The third kappa shape index (κ3) is 1.41. The highest BCUT2D eigenvalue weighted by Crippen LogP contribution is 2.52. The second-order valence-electron chi connectivity index (χ2n) is 6.15. The molecule has 0 atom stereocenters. The summed E-state index contributed by atoms with van der Waals surface area (Å²) >= 11 is 0. The maximum absolute atomic E-state index is 12.1. The SMILES string of the molecule is CC(C)[N+]([O-])=C1C2CC3CC(C2)CC1C3. The van der Waals surface area contributed by atoms with Crippen molar-refractivity contribution in [3.8, 4) is 0 Å². The van der Waals surface area contributed by atoms with E-state index in [0.29, 0.717) is 11.8 Å². The summed E-state index contributed by atoms with van der Waals surface area (Å²) in [7, 11) is 0. The molecule has 15 heavy (non-hydrogen) atoms. The molecule has 0 aromatic rings. The number of hydrogen-bond acceptors (Lipinski definition) is 1. The van der Waals surface area contributed by atoms with Crippen LogP contribution in [0, 0.1) is 28.9 Å². The highest BCUT2D eigenvalue weighted by Gasteiger charge is 2.49. The summed E-state index contributed by atoms with van der Waals surface area (Å²) in [4.78, 5) is 0. The van der Waals surface area contributed by atoms with E-state index in [0.717, 1.165) is 11.8 Å². The number of rotatable bonds is 1. The Kier molecular flexibility index (Phi) is 2.08. The van der Waals surface area contributed by atoms with Gasteiger partial charge in [0.25, 0.3) is 0 Å². The number of hydroxylamine groups is 1. The first-order valence-corrected chi connectivity index (χ1v) is 6.48. The fourth-order valence-electron chi connectivity index (χ4n) is 4.33. The summed E-state index contributed by atoms with van der Waals surface area (Å²) < 4.78 is 1.34. The zero-order valence-corrected chi connectivity index (χ0v) is 9.78. The average molecular weight is 207 g/mol. The van der Waals surface area contributed by atoms with Crippen LogP contribution in [0.5, 0.6) is 0 Å². The van der Waals surface area contributed by atoms with Crippen molar-refractivity contribution in [2.24, 2.45) is 23.7 Å². The molecule has 4 aliphatic rings. The Labute approximate surface area is 92.0 Å². The Morgan fingerprint density at radius 1 is 1.00 bits per heavy atom. The normalized spacial score (nSPS) is 42.7. The monoisotopic (exact) mass is 207 g/mol. The van der Waals surface area contributed by atoms with Gasteiger partial charge in [-0.3, -0.25) is 0 Å². The lowest BCUT2D eigenvalue weighted by molar-refractivity contribution is -0.499. The van der Waals surface area contributed by atoms with Gasteiger partial charge >= 0.3 is 0 Å². The summed E-state index contributed by atoms with van der Waals surface area (Å²) in [6.07, 6.45) is 6.71. The Bertz CT molecular complexity index is 276. The fraction of sp³-hybridized carbons (Fsp3) is 0.923. The van der Waals surface area contributed by atoms with Gasteiger partial charge in [-0.1, -0.05) is 0 Å². The number of nitrogens with zero attached hydrogens (tertiary/aromatic N) is 1. The number of hydrogen-bond donors (Lipinski definition) is 0. The van der Waals surface area contributed by atoms with Crippen molar-refractivity contribution in [2.45, 2.75) is 52.0 Å². The lowest BCUT2D eigenvalue weighted by Gasteiger charge is -2.49. The van der Waals surface area contributed by atoms with Crippen molar-refractivity contribution in [3.05, 3.63) is 5.21 Å². The molecule has 4 aliphatic carbocycles. The molecule has 0 radical (unpaired) electrons. The molecule has 0 aliphatic heterocycles. The zero-order valence-electron chi connectivity index (χ0n) is 9.78. The molecule has 0 aromatic carbocycles. The quantitative estimate of drug-likeness (QED) is 0.369. The molecular formula is C13H21NO. The Balaban J connectivity index is 1.95. The summed E-state index contributed by atoms with van der Waals surface area (Å²) in [5.41, 5.74) is 1.28. The predicted octanol–water partition coefficient (Wildman–Crippen LogP) is 2.80. The van der Waals surface area contributed by atoms with E-state index in [-0.39, 0.29) is 6.04 Å². The van der Waals surface area contributed by atoms with Crippen molar-refractivity contribution in [2.75, 3.05) is 0 Å². The molecular weight excluding hydrogens is 186 g/mol. The lowest BCUT2D eigenvalue weighted by Crippen LogP contribution is -2.49. The van der Waals surface area contributed by atoms with E-state index in [2.05, 4.69) is 0 Å². The molecule has 0 N–H and O–H groups in total. The summed E-state index contributed by atoms with van der Waals surface area (Å²) in [6, 6.07) is 0.137. The van der Waals surface area contributed by atoms with Crippen molar-refractivity contribution in [1.29, 1.82) is 0 Å². The molecule has 2 heteroatoms. The van der Waals surface area contributed by atoms with Gasteiger partial charge in [0, 0.05) is 11.8 Å². The molecule has 0 heterocycles. The van der Waals surface area contributed by atoms with Gasteiger partial charge in [-0.15, -0.1) is 0 Å². The van der Waals surface area contributed by atoms with Crippen molar-refractivity contribution >= 4 is 5.71 Å². The van der Waals surface area contributed by atoms with E-state index in [4.69, 9.17) is 0 Å². The van der Waals surface area contributed by atoms with Gasteiger partial charge in [0.1, 0.15) is 0 Å². The van der Waals surface area contributed by atoms with E-state index in [1.807, 2.05) is 13.8 Å². The van der Waals surface area contributed by atoms with E-state index in [1.165, 1.54) is 42.6 Å². The highest BCUT2D eigenvalue weighted by atomic mass is 16.5. The standard InChI is InChI=1S/C13H21NO/c1-8(2)14(15)13-11-4-9-3-10(6-11)7-12(13)5-9/h8-12H,3-7H2,1-2H3. The van der Waals surface area contributed by atoms with Crippen molar-refractivity contribution in [1.82, 2.24) is 0 Å². The fourth-order valence-corrected chi connectivity index (χ4v) is 4.33. The molecule has 0 spiro atoms. The molecule has 0 aromatic heterocycles. The first-order valence-electron chi connectivity index (χ1n) is 6.48. The molecule has 4 saturated carbocycles. The molecule has 4 bridgehead atoms. The van der Waals surface area contributed by atoms with Crippen molar-refractivity contribution in [3.63, 3.8) is 0 Å². The summed E-state index contributed by atoms with van der Waals surface area (Å²) in [5.74, 6) is 3.22. The molecule has 2 nitrogen and oxygen atoms in total. The van der Waals surface area contributed by atoms with Gasteiger partial charge in [0.05, 0.1) is 0 Å². The van der Waals surface area contributed by atoms with Gasteiger partial charge in [0.2, 0.25) is 0 Å². The summed E-state index contributed by atoms with van der Waals surface area (Å²) in [5, 5.41) is 12.1.